The lowest BCUT2D eigenvalue weighted by atomic mass is 10.0. The van der Waals surface area contributed by atoms with Crippen molar-refractivity contribution in [2.45, 2.75) is 26.7 Å². The van der Waals surface area contributed by atoms with E-state index in [0.29, 0.717) is 5.92 Å². The van der Waals surface area contributed by atoms with Gasteiger partial charge in [0.25, 0.3) is 0 Å². The summed E-state index contributed by atoms with van der Waals surface area (Å²) >= 11 is 0. The van der Waals surface area contributed by atoms with Gasteiger partial charge in [-0.05, 0) is 30.0 Å². The molecule has 0 radical (unpaired) electrons. The lowest BCUT2D eigenvalue weighted by Crippen LogP contribution is -1.85. The zero-order valence-corrected chi connectivity index (χ0v) is 8.26. The molecule has 0 spiro atoms. The number of hydrogen-bond acceptors (Lipinski definition) is 1. The van der Waals surface area contributed by atoms with Gasteiger partial charge in [0.1, 0.15) is 5.65 Å². The molecule has 0 saturated carbocycles. The summed E-state index contributed by atoms with van der Waals surface area (Å²) in [4.78, 5) is 7.51. The Balaban J connectivity index is 0.000000980. The van der Waals surface area contributed by atoms with Crippen LogP contribution in [0.15, 0.2) is 18.5 Å². The van der Waals surface area contributed by atoms with E-state index in [-0.39, 0.29) is 1.43 Å². The fourth-order valence-corrected chi connectivity index (χ4v) is 1.61. The number of aryl methyl sites for hydroxylation is 1. The van der Waals surface area contributed by atoms with Crippen LogP contribution in [0.5, 0.6) is 0 Å². The van der Waals surface area contributed by atoms with Gasteiger partial charge in [0, 0.05) is 19.2 Å². The number of nitrogens with one attached hydrogen (secondary N) is 1. The molecule has 2 rings (SSSR count). The van der Waals surface area contributed by atoms with Crippen LogP contribution >= 0.6 is 0 Å². The van der Waals surface area contributed by atoms with Crippen LogP contribution in [0, 0.1) is 6.92 Å². The Morgan fingerprint density at radius 3 is 2.92 bits per heavy atom. The summed E-state index contributed by atoms with van der Waals surface area (Å²) in [6, 6.07) is 2.19. The van der Waals surface area contributed by atoms with Crippen LogP contribution < -0.4 is 0 Å². The Bertz CT molecular complexity index is 432. The van der Waals surface area contributed by atoms with Gasteiger partial charge in [0.2, 0.25) is 0 Å². The summed E-state index contributed by atoms with van der Waals surface area (Å²) in [6.45, 7) is 6.47. The van der Waals surface area contributed by atoms with E-state index in [4.69, 9.17) is 0 Å². The number of H-pyrrole nitrogens is 1. The monoisotopic (exact) mass is 176 g/mol. The van der Waals surface area contributed by atoms with Gasteiger partial charge in [-0.3, -0.25) is 0 Å². The second kappa shape index (κ2) is 2.87. The third kappa shape index (κ3) is 1.32. The van der Waals surface area contributed by atoms with Crippen molar-refractivity contribution in [3.63, 3.8) is 0 Å². The largest absolute Gasteiger partial charge is 0.346 e. The molecule has 2 heteroatoms. The highest BCUT2D eigenvalue weighted by atomic mass is 14.8. The first-order chi connectivity index (χ1) is 6.18. The number of pyridine rings is 1. The molecule has 0 unspecified atom stereocenters. The molecule has 0 aliphatic rings. The smallest absolute Gasteiger partial charge is 0.137 e. The van der Waals surface area contributed by atoms with Crippen molar-refractivity contribution < 1.29 is 1.43 Å². The molecule has 70 valence electrons. The molecule has 2 nitrogen and oxygen atoms in total. The first kappa shape index (κ1) is 8.30. The Morgan fingerprint density at radius 1 is 1.46 bits per heavy atom. The standard InChI is InChI=1S/C11H14N2.H2/c1-7(2)10-6-13-11-9(10)4-8(3)5-12-11;/h4-7H,1-3H3,(H,12,13);1H. The highest BCUT2D eigenvalue weighted by molar-refractivity contribution is 5.80. The van der Waals surface area contributed by atoms with Crippen LogP contribution in [0.1, 0.15) is 32.3 Å². The molecule has 0 aromatic carbocycles. The van der Waals surface area contributed by atoms with Crippen molar-refractivity contribution in [1.82, 2.24) is 9.97 Å². The van der Waals surface area contributed by atoms with Crippen molar-refractivity contribution in [1.29, 1.82) is 0 Å². The van der Waals surface area contributed by atoms with Crippen LogP contribution in [0.25, 0.3) is 11.0 Å². The van der Waals surface area contributed by atoms with Crippen molar-refractivity contribution in [2.75, 3.05) is 0 Å². The molecule has 2 aromatic heterocycles. The van der Waals surface area contributed by atoms with E-state index < -0.39 is 0 Å². The minimum absolute atomic E-state index is 0. The molecule has 0 atom stereocenters. The van der Waals surface area contributed by atoms with E-state index in [1.54, 1.807) is 0 Å². The fraction of sp³-hybridized carbons (Fsp3) is 0.364. The summed E-state index contributed by atoms with van der Waals surface area (Å²) in [5, 5.41) is 1.26. The number of aromatic nitrogens is 2. The van der Waals surface area contributed by atoms with Crippen molar-refractivity contribution in [3.05, 3.63) is 29.6 Å². The van der Waals surface area contributed by atoms with Crippen LogP contribution in [0.3, 0.4) is 0 Å². The second-order valence-corrected chi connectivity index (χ2v) is 3.81. The van der Waals surface area contributed by atoms with E-state index >= 15 is 0 Å². The average Bonchev–Trinajstić information content (AvgIpc) is 2.46. The lowest BCUT2D eigenvalue weighted by Gasteiger charge is -2.01. The normalized spacial score (nSPS) is 11.4. The van der Waals surface area contributed by atoms with Gasteiger partial charge < -0.3 is 4.98 Å². The summed E-state index contributed by atoms with van der Waals surface area (Å²) < 4.78 is 0. The average molecular weight is 176 g/mol. The Kier molecular flexibility index (Phi) is 1.83. The number of rotatable bonds is 1. The Morgan fingerprint density at radius 2 is 2.23 bits per heavy atom. The molecule has 0 saturated heterocycles. The Labute approximate surface area is 79.5 Å². The third-order valence-corrected chi connectivity index (χ3v) is 2.32. The molecule has 2 heterocycles. The van der Waals surface area contributed by atoms with Gasteiger partial charge >= 0.3 is 0 Å². The van der Waals surface area contributed by atoms with E-state index in [9.17, 15) is 0 Å². The molecule has 2 aromatic rings. The summed E-state index contributed by atoms with van der Waals surface area (Å²) in [6.07, 6.45) is 3.95. The third-order valence-electron chi connectivity index (χ3n) is 2.32. The molecule has 0 fully saturated rings. The first-order valence-electron chi connectivity index (χ1n) is 4.62. The van der Waals surface area contributed by atoms with Gasteiger partial charge in [0.15, 0.2) is 0 Å². The van der Waals surface area contributed by atoms with Gasteiger partial charge in [-0.2, -0.15) is 0 Å². The summed E-state index contributed by atoms with van der Waals surface area (Å²) in [7, 11) is 0. The van der Waals surface area contributed by atoms with Gasteiger partial charge in [-0.1, -0.05) is 13.8 Å². The molecule has 1 N–H and O–H groups in total. The van der Waals surface area contributed by atoms with Crippen molar-refractivity contribution in [2.24, 2.45) is 0 Å². The van der Waals surface area contributed by atoms with Gasteiger partial charge in [-0.15, -0.1) is 0 Å². The minimum atomic E-state index is 0. The molecule has 0 bridgehead atoms. The maximum absolute atomic E-state index is 4.33. The quantitative estimate of drug-likeness (QED) is 0.710. The van der Waals surface area contributed by atoms with Crippen LogP contribution in [-0.2, 0) is 0 Å². The predicted octanol–water partition coefficient (Wildman–Crippen LogP) is 3.24. The molecule has 0 amide bonds. The van der Waals surface area contributed by atoms with Gasteiger partial charge in [-0.25, -0.2) is 4.98 Å². The predicted molar refractivity (Wildman–Crippen MR) is 57.0 cm³/mol. The van der Waals surface area contributed by atoms with Crippen LogP contribution in [-0.4, -0.2) is 9.97 Å². The lowest BCUT2D eigenvalue weighted by molar-refractivity contribution is 0.875. The van der Waals surface area contributed by atoms with E-state index in [0.717, 1.165) is 5.65 Å². The zero-order valence-electron chi connectivity index (χ0n) is 8.26. The zero-order chi connectivity index (χ0) is 9.42. The minimum Gasteiger partial charge on any atom is -0.346 e. The highest BCUT2D eigenvalue weighted by Crippen LogP contribution is 2.24. The van der Waals surface area contributed by atoms with E-state index in [1.165, 1.54) is 16.5 Å². The maximum Gasteiger partial charge on any atom is 0.137 e. The number of nitrogens with zero attached hydrogens (tertiary/aromatic N) is 1. The SMILES string of the molecule is Cc1cnc2[nH]cc(C(C)C)c2c1.[HH]. The highest BCUT2D eigenvalue weighted by Gasteiger charge is 2.07. The van der Waals surface area contributed by atoms with E-state index in [1.807, 2.05) is 6.20 Å². The molecule has 13 heavy (non-hydrogen) atoms. The molecule has 0 aliphatic carbocycles. The fourth-order valence-electron chi connectivity index (χ4n) is 1.61. The van der Waals surface area contributed by atoms with Crippen molar-refractivity contribution in [3.8, 4) is 0 Å². The van der Waals surface area contributed by atoms with Crippen LogP contribution in [0.4, 0.5) is 0 Å². The number of fused-ring (bicyclic) bond motifs is 1. The molecular weight excluding hydrogens is 160 g/mol. The summed E-state index contributed by atoms with van der Waals surface area (Å²) in [5.41, 5.74) is 3.56. The van der Waals surface area contributed by atoms with E-state index in [2.05, 4.69) is 43.0 Å². The Hall–Kier alpha value is -1.31. The maximum atomic E-state index is 4.33. The van der Waals surface area contributed by atoms with Crippen LogP contribution in [0.2, 0.25) is 0 Å². The van der Waals surface area contributed by atoms with Gasteiger partial charge in [0.05, 0.1) is 0 Å². The topological polar surface area (TPSA) is 28.7 Å². The molecule has 0 aliphatic heterocycles. The van der Waals surface area contributed by atoms with Crippen molar-refractivity contribution >= 4 is 11.0 Å². The first-order valence-corrected chi connectivity index (χ1v) is 4.62. The second-order valence-electron chi connectivity index (χ2n) is 3.81. The number of hydrogen-bond donors (Lipinski definition) is 1. The molecular formula is C11H16N2. The summed E-state index contributed by atoms with van der Waals surface area (Å²) in [5.74, 6) is 0.553. The number of aromatic amines is 1.